The van der Waals surface area contributed by atoms with Crippen LogP contribution in [0.4, 0.5) is 4.79 Å². The zero-order valence-electron chi connectivity index (χ0n) is 12.2. The number of carbonyl (C=O) groups excluding carboxylic acids is 2. The van der Waals surface area contributed by atoms with Crippen LogP contribution in [0.15, 0.2) is 0 Å². The van der Waals surface area contributed by atoms with E-state index in [4.69, 9.17) is 0 Å². The number of piperazine rings is 1. The summed E-state index contributed by atoms with van der Waals surface area (Å²) in [6.45, 7) is 6.25. The van der Waals surface area contributed by atoms with Crippen molar-refractivity contribution in [3.05, 3.63) is 0 Å². The Labute approximate surface area is 118 Å². The van der Waals surface area contributed by atoms with Crippen LogP contribution >= 0.6 is 0 Å². The molecule has 0 spiro atoms. The van der Waals surface area contributed by atoms with Gasteiger partial charge >= 0.3 is 12.0 Å². The van der Waals surface area contributed by atoms with Crippen LogP contribution in [0, 0.1) is 5.92 Å². The van der Waals surface area contributed by atoms with Crippen LogP contribution in [-0.2, 0) is 9.59 Å². The number of carboxylic acids is 1. The molecular formula is C13H23N3O4. The van der Waals surface area contributed by atoms with Crippen LogP contribution in [0.2, 0.25) is 0 Å². The molecule has 20 heavy (non-hydrogen) atoms. The average molecular weight is 285 g/mol. The number of urea groups is 1. The third-order valence-corrected chi connectivity index (χ3v) is 3.74. The third kappa shape index (κ3) is 3.61. The van der Waals surface area contributed by atoms with Gasteiger partial charge in [-0.05, 0) is 12.3 Å². The smallest absolute Gasteiger partial charge is 0.326 e. The van der Waals surface area contributed by atoms with Crippen LogP contribution in [0.1, 0.15) is 33.6 Å². The highest BCUT2D eigenvalue weighted by molar-refractivity contribution is 5.89. The Morgan fingerprint density at radius 1 is 1.50 bits per heavy atom. The second-order valence-corrected chi connectivity index (χ2v) is 5.06. The van der Waals surface area contributed by atoms with Crippen molar-refractivity contribution < 1.29 is 19.5 Å². The van der Waals surface area contributed by atoms with Gasteiger partial charge < -0.3 is 20.6 Å². The molecule has 3 amide bonds. The van der Waals surface area contributed by atoms with Crippen molar-refractivity contribution in [3.63, 3.8) is 0 Å². The number of nitrogens with zero attached hydrogens (tertiary/aromatic N) is 1. The molecule has 3 N–H and O–H groups in total. The predicted octanol–water partition coefficient (Wildman–Crippen LogP) is 0.406. The Morgan fingerprint density at radius 3 is 2.65 bits per heavy atom. The Balaban J connectivity index is 2.77. The Morgan fingerprint density at radius 2 is 2.15 bits per heavy atom. The largest absolute Gasteiger partial charge is 0.480 e. The van der Waals surface area contributed by atoms with E-state index in [1.807, 2.05) is 13.8 Å². The highest BCUT2D eigenvalue weighted by Gasteiger charge is 2.34. The zero-order valence-corrected chi connectivity index (χ0v) is 12.2. The van der Waals surface area contributed by atoms with E-state index in [0.717, 1.165) is 0 Å². The van der Waals surface area contributed by atoms with Gasteiger partial charge in [0.25, 0.3) is 0 Å². The zero-order chi connectivity index (χ0) is 15.3. The molecule has 114 valence electrons. The number of carbonyl (C=O) groups is 3. The van der Waals surface area contributed by atoms with E-state index in [-0.39, 0.29) is 11.8 Å². The minimum atomic E-state index is -1.05. The fourth-order valence-corrected chi connectivity index (χ4v) is 2.26. The highest BCUT2D eigenvalue weighted by atomic mass is 16.4. The summed E-state index contributed by atoms with van der Waals surface area (Å²) >= 11 is 0. The van der Waals surface area contributed by atoms with E-state index < -0.39 is 24.1 Å². The molecule has 1 saturated heterocycles. The van der Waals surface area contributed by atoms with Gasteiger partial charge in [0.1, 0.15) is 12.1 Å². The molecule has 0 radical (unpaired) electrons. The fourth-order valence-electron chi connectivity index (χ4n) is 2.26. The summed E-state index contributed by atoms with van der Waals surface area (Å²) in [5.41, 5.74) is 0. The second kappa shape index (κ2) is 7.12. The molecule has 1 fully saturated rings. The van der Waals surface area contributed by atoms with Gasteiger partial charge in [0.15, 0.2) is 0 Å². The van der Waals surface area contributed by atoms with Crippen molar-refractivity contribution in [2.45, 2.75) is 45.7 Å². The molecule has 0 aliphatic carbocycles. The Bertz CT molecular complexity index is 386. The number of rotatable bonds is 5. The molecule has 1 heterocycles. The first-order chi connectivity index (χ1) is 9.42. The van der Waals surface area contributed by atoms with E-state index in [1.54, 1.807) is 6.92 Å². The van der Waals surface area contributed by atoms with E-state index >= 15 is 0 Å². The molecule has 7 heteroatoms. The second-order valence-electron chi connectivity index (χ2n) is 5.06. The number of hydrogen-bond acceptors (Lipinski definition) is 3. The van der Waals surface area contributed by atoms with Gasteiger partial charge in [0.2, 0.25) is 5.91 Å². The first-order valence-electron chi connectivity index (χ1n) is 6.99. The number of carboxylic acid groups (broad SMARTS) is 1. The van der Waals surface area contributed by atoms with Gasteiger partial charge in [-0.2, -0.15) is 0 Å². The third-order valence-electron chi connectivity index (χ3n) is 3.74. The predicted molar refractivity (Wildman–Crippen MR) is 73.2 cm³/mol. The molecule has 7 nitrogen and oxygen atoms in total. The lowest BCUT2D eigenvalue weighted by Gasteiger charge is -2.35. The maximum absolute atomic E-state index is 12.2. The Hall–Kier alpha value is -1.79. The van der Waals surface area contributed by atoms with Crippen molar-refractivity contribution >= 4 is 17.9 Å². The highest BCUT2D eigenvalue weighted by Crippen LogP contribution is 2.12. The normalized spacial score (nSPS) is 21.9. The molecule has 0 aromatic heterocycles. The molecule has 1 rings (SSSR count). The first kappa shape index (κ1) is 16.3. The minimum Gasteiger partial charge on any atom is -0.480 e. The van der Waals surface area contributed by atoms with Crippen LogP contribution in [0.25, 0.3) is 0 Å². The van der Waals surface area contributed by atoms with Gasteiger partial charge in [0, 0.05) is 13.1 Å². The monoisotopic (exact) mass is 285 g/mol. The summed E-state index contributed by atoms with van der Waals surface area (Å²) in [7, 11) is 0. The summed E-state index contributed by atoms with van der Waals surface area (Å²) in [5.74, 6) is -1.42. The topological polar surface area (TPSA) is 98.7 Å². The Kier molecular flexibility index (Phi) is 5.79. The summed E-state index contributed by atoms with van der Waals surface area (Å²) in [5, 5.41) is 14.4. The lowest BCUT2D eigenvalue weighted by Crippen LogP contribution is -2.61. The van der Waals surface area contributed by atoms with Crippen molar-refractivity contribution in [3.8, 4) is 0 Å². The average Bonchev–Trinajstić information content (AvgIpc) is 2.42. The molecule has 3 unspecified atom stereocenters. The lowest BCUT2D eigenvalue weighted by atomic mass is 9.99. The maximum atomic E-state index is 12.2. The quantitative estimate of drug-likeness (QED) is 0.681. The molecular weight excluding hydrogens is 262 g/mol. The number of hydrogen-bond donors (Lipinski definition) is 3. The van der Waals surface area contributed by atoms with Crippen LogP contribution < -0.4 is 10.6 Å². The number of aliphatic carboxylic acids is 1. The SMILES string of the molecule is CCC(C)C(NC(=O)N1CCNC(=O)C1CC)C(=O)O. The van der Waals surface area contributed by atoms with Crippen molar-refractivity contribution in [2.75, 3.05) is 13.1 Å². The molecule has 1 aliphatic heterocycles. The summed E-state index contributed by atoms with van der Waals surface area (Å²) < 4.78 is 0. The molecule has 0 bridgehead atoms. The maximum Gasteiger partial charge on any atom is 0.326 e. The van der Waals surface area contributed by atoms with Crippen LogP contribution in [-0.4, -0.2) is 53.1 Å². The standard InChI is InChI=1S/C13H23N3O4/c1-4-8(3)10(12(18)19)15-13(20)16-7-6-14-11(17)9(16)5-2/h8-10H,4-7H2,1-3H3,(H,14,17)(H,15,20)(H,18,19). The van der Waals surface area contributed by atoms with Crippen molar-refractivity contribution in [2.24, 2.45) is 5.92 Å². The number of amides is 3. The van der Waals surface area contributed by atoms with Gasteiger partial charge in [-0.15, -0.1) is 0 Å². The minimum absolute atomic E-state index is 0.171. The fraction of sp³-hybridized carbons (Fsp3) is 0.769. The molecule has 0 aromatic rings. The van der Waals surface area contributed by atoms with Crippen molar-refractivity contribution in [1.82, 2.24) is 15.5 Å². The van der Waals surface area contributed by atoms with E-state index in [2.05, 4.69) is 10.6 Å². The van der Waals surface area contributed by atoms with Gasteiger partial charge in [-0.3, -0.25) is 4.79 Å². The first-order valence-corrected chi connectivity index (χ1v) is 6.99. The van der Waals surface area contributed by atoms with Crippen molar-refractivity contribution in [1.29, 1.82) is 0 Å². The van der Waals surface area contributed by atoms with Gasteiger partial charge in [-0.25, -0.2) is 9.59 Å². The van der Waals surface area contributed by atoms with Crippen LogP contribution in [0.5, 0.6) is 0 Å². The van der Waals surface area contributed by atoms with Gasteiger partial charge in [-0.1, -0.05) is 27.2 Å². The molecule has 0 aromatic carbocycles. The van der Waals surface area contributed by atoms with E-state index in [1.165, 1.54) is 4.90 Å². The molecule has 0 saturated carbocycles. The summed E-state index contributed by atoms with van der Waals surface area (Å²) in [6.07, 6.45) is 1.15. The van der Waals surface area contributed by atoms with Crippen LogP contribution in [0.3, 0.4) is 0 Å². The molecule has 3 atom stereocenters. The lowest BCUT2D eigenvalue weighted by molar-refractivity contribution is -0.140. The number of nitrogens with one attached hydrogen (secondary N) is 2. The van der Waals surface area contributed by atoms with Gasteiger partial charge in [0.05, 0.1) is 0 Å². The summed E-state index contributed by atoms with van der Waals surface area (Å²) in [4.78, 5) is 36.6. The molecule has 1 aliphatic rings. The van der Waals surface area contributed by atoms with E-state index in [0.29, 0.717) is 25.9 Å². The summed E-state index contributed by atoms with van der Waals surface area (Å²) in [6, 6.07) is -1.95. The van der Waals surface area contributed by atoms with E-state index in [9.17, 15) is 19.5 Å².